The fourth-order valence-corrected chi connectivity index (χ4v) is 4.01. The van der Waals surface area contributed by atoms with Gasteiger partial charge < -0.3 is 19.8 Å². The van der Waals surface area contributed by atoms with Crippen LogP contribution in [0.1, 0.15) is 52.6 Å². The smallest absolute Gasteiger partial charge is 0.336 e. The predicted molar refractivity (Wildman–Crippen MR) is 112 cm³/mol. The molecule has 0 spiro atoms. The topological polar surface area (TPSA) is 121 Å². The number of carbonyl (C=O) groups is 4. The summed E-state index contributed by atoms with van der Waals surface area (Å²) in [4.78, 5) is 51.3. The first kappa shape index (κ1) is 22.7. The summed E-state index contributed by atoms with van der Waals surface area (Å²) >= 11 is 12.6. The van der Waals surface area contributed by atoms with Crippen molar-refractivity contribution in [1.29, 1.82) is 0 Å². The van der Waals surface area contributed by atoms with Crippen LogP contribution in [-0.4, -0.2) is 65.0 Å². The molecule has 0 saturated carbocycles. The van der Waals surface area contributed by atoms with Gasteiger partial charge in [0.05, 0.1) is 51.1 Å². The van der Waals surface area contributed by atoms with Crippen LogP contribution < -0.4 is 0 Å². The Morgan fingerprint density at radius 1 is 0.871 bits per heavy atom. The molecule has 8 nitrogen and oxygen atoms in total. The molecule has 10 heteroatoms. The van der Waals surface area contributed by atoms with E-state index in [0.29, 0.717) is 26.3 Å². The Morgan fingerprint density at radius 2 is 1.48 bits per heavy atom. The first-order chi connectivity index (χ1) is 14.6. The van der Waals surface area contributed by atoms with Crippen molar-refractivity contribution < 1.29 is 34.1 Å². The number of nitrogens with zero attached hydrogens (tertiary/aromatic N) is 1. The molecule has 1 amide bonds. The van der Waals surface area contributed by atoms with E-state index in [2.05, 4.69) is 0 Å². The van der Waals surface area contributed by atoms with Gasteiger partial charge in [-0.3, -0.25) is 9.59 Å². The normalized spacial score (nSPS) is 13.7. The fourth-order valence-electron chi connectivity index (χ4n) is 3.38. The van der Waals surface area contributed by atoms with Crippen LogP contribution in [0.15, 0.2) is 24.3 Å². The van der Waals surface area contributed by atoms with Crippen LogP contribution in [0.2, 0.25) is 10.0 Å². The molecule has 1 heterocycles. The van der Waals surface area contributed by atoms with Crippen molar-refractivity contribution in [3.63, 3.8) is 0 Å². The highest BCUT2D eigenvalue weighted by atomic mass is 35.5. The maximum atomic E-state index is 13.4. The van der Waals surface area contributed by atoms with Gasteiger partial charge in [-0.15, -0.1) is 0 Å². The second-order valence-corrected chi connectivity index (χ2v) is 7.59. The number of ketones is 1. The SMILES string of the molecule is Cc1ccc(C(=O)O)c(C(=O)c2c(Cl)ccc(C(=O)N3CCOCC3)c2Cl)c1C(=O)O. The van der Waals surface area contributed by atoms with Crippen molar-refractivity contribution in [2.75, 3.05) is 26.3 Å². The van der Waals surface area contributed by atoms with Gasteiger partial charge in [-0.1, -0.05) is 29.3 Å². The molecule has 1 fully saturated rings. The second kappa shape index (κ2) is 9.05. The van der Waals surface area contributed by atoms with E-state index in [0.717, 1.165) is 6.07 Å². The van der Waals surface area contributed by atoms with Gasteiger partial charge in [-0.05, 0) is 30.7 Å². The second-order valence-electron chi connectivity index (χ2n) is 6.81. The van der Waals surface area contributed by atoms with E-state index >= 15 is 0 Å². The van der Waals surface area contributed by atoms with Crippen molar-refractivity contribution >= 4 is 46.8 Å². The third kappa shape index (κ3) is 4.27. The molecule has 2 aromatic rings. The van der Waals surface area contributed by atoms with Crippen molar-refractivity contribution in [1.82, 2.24) is 4.90 Å². The first-order valence-corrected chi connectivity index (χ1v) is 9.90. The van der Waals surface area contributed by atoms with E-state index < -0.39 is 40.3 Å². The first-order valence-electron chi connectivity index (χ1n) is 9.15. The van der Waals surface area contributed by atoms with Gasteiger partial charge in [0.2, 0.25) is 0 Å². The average Bonchev–Trinajstić information content (AvgIpc) is 2.73. The highest BCUT2D eigenvalue weighted by molar-refractivity contribution is 6.43. The number of rotatable bonds is 5. The number of carbonyl (C=O) groups excluding carboxylic acids is 2. The van der Waals surface area contributed by atoms with Gasteiger partial charge in [-0.25, -0.2) is 9.59 Å². The number of aromatic carboxylic acids is 2. The van der Waals surface area contributed by atoms with Crippen molar-refractivity contribution in [3.05, 3.63) is 67.7 Å². The molecule has 162 valence electrons. The number of aryl methyl sites for hydroxylation is 1. The van der Waals surface area contributed by atoms with Gasteiger partial charge >= 0.3 is 11.9 Å². The third-order valence-corrected chi connectivity index (χ3v) is 5.64. The lowest BCUT2D eigenvalue weighted by Crippen LogP contribution is -2.40. The zero-order chi connectivity index (χ0) is 22.9. The fraction of sp³-hybridized carbons (Fsp3) is 0.238. The molecular formula is C21H17Cl2NO7. The Bertz CT molecular complexity index is 1110. The molecule has 31 heavy (non-hydrogen) atoms. The van der Waals surface area contributed by atoms with E-state index in [1.54, 1.807) is 0 Å². The molecule has 1 aliphatic rings. The van der Waals surface area contributed by atoms with Crippen LogP contribution in [0.5, 0.6) is 0 Å². The number of amides is 1. The van der Waals surface area contributed by atoms with Crippen molar-refractivity contribution in [3.8, 4) is 0 Å². The van der Waals surface area contributed by atoms with Gasteiger partial charge in [0.15, 0.2) is 5.78 Å². The molecule has 0 aliphatic carbocycles. The van der Waals surface area contributed by atoms with E-state index in [1.807, 2.05) is 0 Å². The quantitative estimate of drug-likeness (QED) is 0.648. The van der Waals surface area contributed by atoms with Gasteiger partial charge in [0, 0.05) is 13.1 Å². The zero-order valence-electron chi connectivity index (χ0n) is 16.3. The van der Waals surface area contributed by atoms with E-state index in [-0.39, 0.29) is 26.7 Å². The number of benzene rings is 2. The molecule has 0 bridgehead atoms. The maximum Gasteiger partial charge on any atom is 0.336 e. The summed E-state index contributed by atoms with van der Waals surface area (Å²) in [7, 11) is 0. The summed E-state index contributed by atoms with van der Waals surface area (Å²) in [5, 5.41) is 18.7. The Hall–Kier alpha value is -2.94. The molecule has 0 aromatic heterocycles. The monoisotopic (exact) mass is 465 g/mol. The largest absolute Gasteiger partial charge is 0.478 e. The van der Waals surface area contributed by atoms with E-state index in [1.165, 1.54) is 30.0 Å². The van der Waals surface area contributed by atoms with Crippen LogP contribution in [0.25, 0.3) is 0 Å². The Kier molecular flexibility index (Phi) is 6.64. The van der Waals surface area contributed by atoms with Crippen molar-refractivity contribution in [2.45, 2.75) is 6.92 Å². The molecule has 3 rings (SSSR count). The lowest BCUT2D eigenvalue weighted by molar-refractivity contribution is 0.0303. The summed E-state index contributed by atoms with van der Waals surface area (Å²) in [6.45, 7) is 2.83. The van der Waals surface area contributed by atoms with E-state index in [9.17, 15) is 29.4 Å². The number of hydrogen-bond donors (Lipinski definition) is 2. The van der Waals surface area contributed by atoms with Crippen molar-refractivity contribution in [2.24, 2.45) is 0 Å². The highest BCUT2D eigenvalue weighted by Gasteiger charge is 2.31. The van der Waals surface area contributed by atoms with Crippen LogP contribution in [0.3, 0.4) is 0 Å². The number of carboxylic acid groups (broad SMARTS) is 2. The standard InChI is InChI=1S/C21H17Cl2NO7/c1-10-2-3-11(20(27)28)15(14(10)21(29)30)18(25)16-13(22)5-4-12(17(16)23)19(26)24-6-8-31-9-7-24/h2-5H,6-9H2,1H3,(H,27,28)(H,29,30). The van der Waals surface area contributed by atoms with Crippen LogP contribution in [-0.2, 0) is 4.74 Å². The lowest BCUT2D eigenvalue weighted by Gasteiger charge is -2.27. The Morgan fingerprint density at radius 3 is 2.06 bits per heavy atom. The molecule has 2 N–H and O–H groups in total. The minimum Gasteiger partial charge on any atom is -0.478 e. The number of morpholine rings is 1. The molecule has 0 atom stereocenters. The maximum absolute atomic E-state index is 13.4. The Balaban J connectivity index is 2.19. The van der Waals surface area contributed by atoms with Gasteiger partial charge in [-0.2, -0.15) is 0 Å². The summed E-state index contributed by atoms with van der Waals surface area (Å²) in [5.74, 6) is -4.40. The number of carboxylic acids is 2. The van der Waals surface area contributed by atoms with Crippen LogP contribution in [0, 0.1) is 6.92 Å². The minimum absolute atomic E-state index is 0.00211. The number of hydrogen-bond acceptors (Lipinski definition) is 5. The molecule has 1 aliphatic heterocycles. The van der Waals surface area contributed by atoms with Gasteiger partial charge in [0.1, 0.15) is 0 Å². The predicted octanol–water partition coefficient (Wildman–Crippen LogP) is 3.40. The third-order valence-electron chi connectivity index (χ3n) is 4.93. The summed E-state index contributed by atoms with van der Waals surface area (Å²) in [5.41, 5.74) is -1.68. The summed E-state index contributed by atoms with van der Waals surface area (Å²) in [6.07, 6.45) is 0. The molecule has 0 unspecified atom stereocenters. The summed E-state index contributed by atoms with van der Waals surface area (Å²) in [6, 6.07) is 5.10. The minimum atomic E-state index is -1.49. The highest BCUT2D eigenvalue weighted by Crippen LogP contribution is 2.33. The summed E-state index contributed by atoms with van der Waals surface area (Å²) < 4.78 is 5.22. The molecule has 1 saturated heterocycles. The van der Waals surface area contributed by atoms with Gasteiger partial charge in [0.25, 0.3) is 5.91 Å². The Labute approximate surface area is 186 Å². The number of halogens is 2. The molecule has 2 aromatic carbocycles. The van der Waals surface area contributed by atoms with Crippen LogP contribution >= 0.6 is 23.2 Å². The zero-order valence-corrected chi connectivity index (χ0v) is 17.8. The van der Waals surface area contributed by atoms with E-state index in [4.69, 9.17) is 27.9 Å². The average molecular weight is 466 g/mol. The number of ether oxygens (including phenoxy) is 1. The van der Waals surface area contributed by atoms with Crippen LogP contribution in [0.4, 0.5) is 0 Å². The molecule has 0 radical (unpaired) electrons. The molecular weight excluding hydrogens is 449 g/mol. The lowest BCUT2D eigenvalue weighted by atomic mass is 9.90.